The summed E-state index contributed by atoms with van der Waals surface area (Å²) in [6.45, 7) is 5.47. The molecular formula is C19H29BrN4O3S. The van der Waals surface area contributed by atoms with E-state index in [1.807, 2.05) is 30.0 Å². The molecule has 9 heteroatoms. The number of nitrogens with zero attached hydrogens (tertiary/aromatic N) is 3. The number of anilines is 1. The predicted molar refractivity (Wildman–Crippen MR) is 114 cm³/mol. The summed E-state index contributed by atoms with van der Waals surface area (Å²) >= 11 is 3.42. The highest BCUT2D eigenvalue weighted by Crippen LogP contribution is 2.20. The van der Waals surface area contributed by atoms with Crippen molar-refractivity contribution < 1.29 is 13.2 Å². The number of benzene rings is 1. The van der Waals surface area contributed by atoms with Crippen LogP contribution in [0.1, 0.15) is 31.2 Å². The van der Waals surface area contributed by atoms with E-state index in [0.717, 1.165) is 41.4 Å². The molecule has 28 heavy (non-hydrogen) atoms. The number of carbonyl (C=O) groups is 1. The van der Waals surface area contributed by atoms with Crippen LogP contribution in [-0.4, -0.2) is 73.6 Å². The monoisotopic (exact) mass is 472 g/mol. The zero-order valence-corrected chi connectivity index (χ0v) is 18.8. The van der Waals surface area contributed by atoms with Crippen molar-refractivity contribution in [2.45, 2.75) is 32.6 Å². The molecule has 0 aromatic heterocycles. The Hall–Kier alpha value is -1.00. The zero-order chi connectivity index (χ0) is 20.1. The Labute approximate surface area is 176 Å². The minimum Gasteiger partial charge on any atom is -0.325 e. The number of piperazine rings is 1. The number of nitrogens with one attached hydrogen (secondary N) is 1. The van der Waals surface area contributed by atoms with Crippen molar-refractivity contribution in [2.75, 3.05) is 51.1 Å². The minimum absolute atomic E-state index is 0.0748. The van der Waals surface area contributed by atoms with Gasteiger partial charge in [-0.2, -0.15) is 17.0 Å². The largest absolute Gasteiger partial charge is 0.325 e. The van der Waals surface area contributed by atoms with Crippen molar-refractivity contribution in [1.82, 2.24) is 13.5 Å². The van der Waals surface area contributed by atoms with Gasteiger partial charge in [0.2, 0.25) is 5.91 Å². The smallest absolute Gasteiger partial charge is 0.282 e. The summed E-state index contributed by atoms with van der Waals surface area (Å²) in [5, 5.41) is 2.94. The van der Waals surface area contributed by atoms with Crippen LogP contribution in [-0.2, 0) is 15.0 Å². The summed E-state index contributed by atoms with van der Waals surface area (Å²) < 4.78 is 29.9. The Balaban J connectivity index is 1.50. The third kappa shape index (κ3) is 5.54. The first-order valence-electron chi connectivity index (χ1n) is 9.90. The molecule has 0 unspecified atom stereocenters. The van der Waals surface area contributed by atoms with Crippen LogP contribution in [0.5, 0.6) is 0 Å². The standard InChI is InChI=1S/C19H29BrN4O3S/c1-16-14-17(20)6-7-18(16)21-19(25)15-22-10-12-24(13-11-22)28(26,27)23-8-4-2-3-5-9-23/h6-7,14H,2-5,8-13,15H2,1H3,(H,21,25). The first kappa shape index (κ1) is 21.7. The van der Waals surface area contributed by atoms with Crippen molar-refractivity contribution in [3.63, 3.8) is 0 Å². The predicted octanol–water partition coefficient (Wildman–Crippen LogP) is 2.43. The van der Waals surface area contributed by atoms with E-state index in [4.69, 9.17) is 0 Å². The highest BCUT2D eigenvalue weighted by Gasteiger charge is 2.32. The van der Waals surface area contributed by atoms with Crippen LogP contribution < -0.4 is 5.32 Å². The van der Waals surface area contributed by atoms with Gasteiger partial charge in [0.25, 0.3) is 10.2 Å². The fourth-order valence-electron chi connectivity index (χ4n) is 3.71. The van der Waals surface area contributed by atoms with Gasteiger partial charge in [0.05, 0.1) is 6.54 Å². The Morgan fingerprint density at radius 3 is 2.21 bits per heavy atom. The molecule has 1 aromatic carbocycles. The molecule has 0 saturated carbocycles. The number of hydrogen-bond donors (Lipinski definition) is 1. The second-order valence-corrected chi connectivity index (χ2v) is 10.3. The first-order valence-corrected chi connectivity index (χ1v) is 12.1. The first-order chi connectivity index (χ1) is 13.4. The van der Waals surface area contributed by atoms with Gasteiger partial charge < -0.3 is 5.32 Å². The summed E-state index contributed by atoms with van der Waals surface area (Å²) in [4.78, 5) is 14.4. The molecule has 2 aliphatic heterocycles. The molecule has 0 radical (unpaired) electrons. The van der Waals surface area contributed by atoms with Crippen LogP contribution in [0.25, 0.3) is 0 Å². The molecule has 0 spiro atoms. The van der Waals surface area contributed by atoms with E-state index in [-0.39, 0.29) is 12.5 Å². The number of hydrogen-bond acceptors (Lipinski definition) is 4. The summed E-state index contributed by atoms with van der Waals surface area (Å²) in [6, 6.07) is 5.74. The Morgan fingerprint density at radius 2 is 1.61 bits per heavy atom. The topological polar surface area (TPSA) is 73.0 Å². The molecule has 156 valence electrons. The highest BCUT2D eigenvalue weighted by molar-refractivity contribution is 9.10. The normalized spacial score (nSPS) is 20.6. The summed E-state index contributed by atoms with van der Waals surface area (Å²) in [6.07, 6.45) is 4.09. The van der Waals surface area contributed by atoms with E-state index in [1.165, 1.54) is 0 Å². The van der Waals surface area contributed by atoms with Crippen molar-refractivity contribution in [3.05, 3.63) is 28.2 Å². The van der Waals surface area contributed by atoms with E-state index < -0.39 is 10.2 Å². The molecule has 3 rings (SSSR count). The van der Waals surface area contributed by atoms with Crippen LogP contribution in [0.3, 0.4) is 0 Å². The third-order valence-electron chi connectivity index (χ3n) is 5.38. The quantitative estimate of drug-likeness (QED) is 0.713. The SMILES string of the molecule is Cc1cc(Br)ccc1NC(=O)CN1CCN(S(=O)(=O)N2CCCCCC2)CC1. The molecule has 2 aliphatic rings. The number of carbonyl (C=O) groups excluding carboxylic acids is 1. The van der Waals surface area contributed by atoms with Crippen molar-refractivity contribution >= 4 is 37.7 Å². The maximum Gasteiger partial charge on any atom is 0.282 e. The molecule has 0 bridgehead atoms. The Kier molecular flexibility index (Phi) is 7.49. The molecule has 0 atom stereocenters. The summed E-state index contributed by atoms with van der Waals surface area (Å²) in [7, 11) is -3.38. The highest BCUT2D eigenvalue weighted by atomic mass is 79.9. The van der Waals surface area contributed by atoms with E-state index in [2.05, 4.69) is 21.2 Å². The van der Waals surface area contributed by atoms with Crippen LogP contribution in [0, 0.1) is 6.92 Å². The lowest BCUT2D eigenvalue weighted by Crippen LogP contribution is -2.54. The molecule has 0 aliphatic carbocycles. The van der Waals surface area contributed by atoms with Gasteiger partial charge in [-0.05, 0) is 43.5 Å². The average Bonchev–Trinajstić information content (AvgIpc) is 2.94. The van der Waals surface area contributed by atoms with Gasteiger partial charge in [-0.15, -0.1) is 0 Å². The molecule has 1 amide bonds. The van der Waals surface area contributed by atoms with Gasteiger partial charge in [0, 0.05) is 49.4 Å². The van der Waals surface area contributed by atoms with E-state index in [9.17, 15) is 13.2 Å². The van der Waals surface area contributed by atoms with Gasteiger partial charge in [-0.1, -0.05) is 28.8 Å². The average molecular weight is 473 g/mol. The van der Waals surface area contributed by atoms with Gasteiger partial charge >= 0.3 is 0 Å². The Morgan fingerprint density at radius 1 is 1.00 bits per heavy atom. The molecular weight excluding hydrogens is 444 g/mol. The van der Waals surface area contributed by atoms with Gasteiger partial charge in [-0.25, -0.2) is 0 Å². The second-order valence-electron chi connectivity index (χ2n) is 7.50. The molecule has 2 fully saturated rings. The fourth-order valence-corrected chi connectivity index (χ4v) is 5.86. The maximum atomic E-state index is 12.9. The molecule has 2 heterocycles. The Bertz CT molecular complexity index is 786. The van der Waals surface area contributed by atoms with Crippen LogP contribution in [0.4, 0.5) is 5.69 Å². The van der Waals surface area contributed by atoms with Gasteiger partial charge in [0.15, 0.2) is 0 Å². The summed E-state index contributed by atoms with van der Waals surface area (Å²) in [5.74, 6) is -0.0748. The minimum atomic E-state index is -3.38. The van der Waals surface area contributed by atoms with E-state index in [1.54, 1.807) is 8.61 Å². The fraction of sp³-hybridized carbons (Fsp3) is 0.632. The van der Waals surface area contributed by atoms with Crippen LogP contribution in [0.15, 0.2) is 22.7 Å². The van der Waals surface area contributed by atoms with Gasteiger partial charge in [-0.3, -0.25) is 9.69 Å². The zero-order valence-electron chi connectivity index (χ0n) is 16.4. The molecule has 1 N–H and O–H groups in total. The van der Waals surface area contributed by atoms with Crippen LogP contribution in [0.2, 0.25) is 0 Å². The lowest BCUT2D eigenvalue weighted by Gasteiger charge is -2.36. The number of halogens is 1. The second kappa shape index (κ2) is 9.67. The lowest BCUT2D eigenvalue weighted by atomic mass is 10.2. The van der Waals surface area contributed by atoms with Crippen molar-refractivity contribution in [3.8, 4) is 0 Å². The maximum absolute atomic E-state index is 12.9. The van der Waals surface area contributed by atoms with Gasteiger partial charge in [0.1, 0.15) is 0 Å². The third-order valence-corrected chi connectivity index (χ3v) is 7.91. The van der Waals surface area contributed by atoms with E-state index >= 15 is 0 Å². The number of aryl methyl sites for hydroxylation is 1. The number of amides is 1. The van der Waals surface area contributed by atoms with Crippen molar-refractivity contribution in [1.29, 1.82) is 0 Å². The van der Waals surface area contributed by atoms with Crippen molar-refractivity contribution in [2.24, 2.45) is 0 Å². The van der Waals surface area contributed by atoms with E-state index in [0.29, 0.717) is 39.3 Å². The molecule has 1 aromatic rings. The molecule has 2 saturated heterocycles. The summed E-state index contributed by atoms with van der Waals surface area (Å²) in [5.41, 5.74) is 1.80. The van der Waals surface area contributed by atoms with Crippen LogP contribution >= 0.6 is 15.9 Å². The molecule has 7 nitrogen and oxygen atoms in total. The lowest BCUT2D eigenvalue weighted by molar-refractivity contribution is -0.117. The number of rotatable bonds is 5.